The zero-order valence-electron chi connectivity index (χ0n) is 17.6. The summed E-state index contributed by atoms with van der Waals surface area (Å²) in [6.07, 6.45) is 2.57. The number of pyridine rings is 1. The zero-order valence-corrected chi connectivity index (χ0v) is 17.6. The van der Waals surface area contributed by atoms with Crippen molar-refractivity contribution in [3.63, 3.8) is 0 Å². The number of halogens is 1. The summed E-state index contributed by atoms with van der Waals surface area (Å²) in [5.74, 6) is -0.308. The molecule has 0 radical (unpaired) electrons. The van der Waals surface area contributed by atoms with E-state index < -0.39 is 12.1 Å². The second-order valence-corrected chi connectivity index (χ2v) is 9.45. The Hall–Kier alpha value is -3.48. The van der Waals surface area contributed by atoms with E-state index >= 15 is 0 Å². The third-order valence-corrected chi connectivity index (χ3v) is 6.97. The molecular weight excluding hydrogens is 407 g/mol. The summed E-state index contributed by atoms with van der Waals surface area (Å²) in [4.78, 5) is 33.2. The highest BCUT2D eigenvalue weighted by Crippen LogP contribution is 2.60. The van der Waals surface area contributed by atoms with Gasteiger partial charge in [0, 0.05) is 29.1 Å². The number of rotatable bonds is 5. The molecule has 2 saturated carbocycles. The number of nitrogens with one attached hydrogen (secondary N) is 3. The van der Waals surface area contributed by atoms with Crippen molar-refractivity contribution < 1.29 is 14.0 Å². The molecule has 3 N–H and O–H groups in total. The van der Waals surface area contributed by atoms with Crippen molar-refractivity contribution in [3.05, 3.63) is 59.9 Å². The lowest BCUT2D eigenvalue weighted by Gasteiger charge is -2.18. The number of carbonyl (C=O) groups excluding carboxylic acids is 2. The van der Waals surface area contributed by atoms with Crippen LogP contribution in [0.25, 0.3) is 11.3 Å². The number of benzene rings is 1. The van der Waals surface area contributed by atoms with E-state index in [1.54, 1.807) is 12.3 Å². The topological polar surface area (TPSA) is 86.9 Å². The van der Waals surface area contributed by atoms with Gasteiger partial charge in [0.1, 0.15) is 12.0 Å². The third-order valence-electron chi connectivity index (χ3n) is 6.97. The second-order valence-electron chi connectivity index (χ2n) is 9.45. The van der Waals surface area contributed by atoms with E-state index in [0.717, 1.165) is 46.7 Å². The van der Waals surface area contributed by atoms with E-state index in [1.165, 1.54) is 0 Å². The van der Waals surface area contributed by atoms with Crippen LogP contribution >= 0.6 is 0 Å². The number of alkyl halides is 1. The van der Waals surface area contributed by atoms with Gasteiger partial charge >= 0.3 is 0 Å². The molecule has 2 fully saturated rings. The molecular formula is C25H23FN4O2. The molecule has 32 heavy (non-hydrogen) atoms. The van der Waals surface area contributed by atoms with Gasteiger partial charge in [-0.25, -0.2) is 9.37 Å². The number of amides is 1. The van der Waals surface area contributed by atoms with E-state index in [2.05, 4.69) is 27.5 Å². The van der Waals surface area contributed by atoms with Gasteiger partial charge in [-0.1, -0.05) is 25.1 Å². The molecule has 0 spiro atoms. The van der Waals surface area contributed by atoms with E-state index in [1.807, 2.05) is 36.4 Å². The number of fused-ring (bicyclic) bond motifs is 2. The number of aromatic nitrogens is 2. The summed E-state index contributed by atoms with van der Waals surface area (Å²) in [5, 5.41) is 6.16. The van der Waals surface area contributed by atoms with Crippen LogP contribution in [0.2, 0.25) is 0 Å². The van der Waals surface area contributed by atoms with Crippen LogP contribution in [0, 0.1) is 17.3 Å². The summed E-state index contributed by atoms with van der Waals surface area (Å²) in [6, 6.07) is 13.3. The van der Waals surface area contributed by atoms with Crippen LogP contribution in [0.4, 0.5) is 21.6 Å². The maximum Gasteiger partial charge on any atom is 0.231 e. The van der Waals surface area contributed by atoms with Crippen LogP contribution in [0.15, 0.2) is 48.7 Å². The second kappa shape index (κ2) is 6.76. The largest absolute Gasteiger partial charge is 0.356 e. The molecule has 1 amide bonds. The first-order chi connectivity index (χ1) is 15.4. The molecule has 0 unspecified atom stereocenters. The predicted octanol–water partition coefficient (Wildman–Crippen LogP) is 4.88. The van der Waals surface area contributed by atoms with Crippen molar-refractivity contribution in [2.24, 2.45) is 17.3 Å². The summed E-state index contributed by atoms with van der Waals surface area (Å²) in [7, 11) is 0. The van der Waals surface area contributed by atoms with E-state index in [-0.39, 0.29) is 29.4 Å². The van der Waals surface area contributed by atoms with Crippen LogP contribution < -0.4 is 10.6 Å². The molecule has 2 heterocycles. The fourth-order valence-electron chi connectivity index (χ4n) is 4.86. The average Bonchev–Trinajstić information content (AvgIpc) is 3.65. The van der Waals surface area contributed by atoms with Crippen LogP contribution in [0.3, 0.4) is 0 Å². The number of hydrogen-bond donors (Lipinski definition) is 3. The Morgan fingerprint density at radius 3 is 2.78 bits per heavy atom. The molecule has 3 aromatic rings. The molecule has 7 heteroatoms. The number of Topliss-reactive ketones (excluding diaryl/α,β-unsaturated/α-hetero) is 1. The minimum absolute atomic E-state index is 0.0424. The van der Waals surface area contributed by atoms with E-state index in [0.29, 0.717) is 5.82 Å². The van der Waals surface area contributed by atoms with Crippen molar-refractivity contribution in [3.8, 4) is 11.3 Å². The van der Waals surface area contributed by atoms with Crippen molar-refractivity contribution in [1.82, 2.24) is 9.97 Å². The average molecular weight is 430 g/mol. The number of carbonyl (C=O) groups is 2. The SMILES string of the molecule is C[C@@]12Cc3[nH]c(-c4ccnc(NC(=O)[C@@H]5C[C@@H]5F)c4)c(Nc4ccccc4)c3C(=O)[C@@H]1C2. The Labute approximate surface area is 184 Å². The summed E-state index contributed by atoms with van der Waals surface area (Å²) >= 11 is 0. The van der Waals surface area contributed by atoms with Crippen molar-refractivity contribution in [2.45, 2.75) is 32.4 Å². The lowest BCUT2D eigenvalue weighted by molar-refractivity contribution is -0.117. The smallest absolute Gasteiger partial charge is 0.231 e. The standard InChI is InChI=1S/C25H23FN4O2/c1-25-11-16(25)23(31)20-18(12-25)29-21(22(20)28-14-5-3-2-4-6-14)13-7-8-27-19(9-13)30-24(32)15-10-17(15)26/h2-9,15-17,28-29H,10-12H2,1H3,(H,27,30,32)/t15-,16+,17+,25-/m1/s1. The van der Waals surface area contributed by atoms with Gasteiger partial charge in [0.2, 0.25) is 5.91 Å². The Morgan fingerprint density at radius 2 is 2.03 bits per heavy atom. The molecule has 6 nitrogen and oxygen atoms in total. The molecule has 0 bridgehead atoms. The lowest BCUT2D eigenvalue weighted by Crippen LogP contribution is -2.19. The number of nitrogens with zero attached hydrogens (tertiary/aromatic N) is 1. The summed E-state index contributed by atoms with van der Waals surface area (Å²) in [5.41, 5.74) is 4.93. The summed E-state index contributed by atoms with van der Waals surface area (Å²) < 4.78 is 13.2. The quantitative estimate of drug-likeness (QED) is 0.538. The first kappa shape index (κ1) is 19.2. The fourth-order valence-corrected chi connectivity index (χ4v) is 4.86. The van der Waals surface area contributed by atoms with Gasteiger partial charge in [-0.2, -0.15) is 0 Å². The molecule has 162 valence electrons. The number of para-hydroxylation sites is 1. The van der Waals surface area contributed by atoms with Crippen molar-refractivity contribution in [2.75, 3.05) is 10.6 Å². The number of anilines is 3. The Morgan fingerprint density at radius 1 is 1.25 bits per heavy atom. The van der Waals surface area contributed by atoms with Gasteiger partial charge in [-0.15, -0.1) is 0 Å². The van der Waals surface area contributed by atoms with Crippen LogP contribution in [0.5, 0.6) is 0 Å². The first-order valence-corrected chi connectivity index (χ1v) is 11.0. The molecule has 4 atom stereocenters. The molecule has 0 saturated heterocycles. The minimum atomic E-state index is -1.06. The van der Waals surface area contributed by atoms with E-state index in [9.17, 15) is 14.0 Å². The Kier molecular flexibility index (Phi) is 4.06. The summed E-state index contributed by atoms with van der Waals surface area (Å²) in [6.45, 7) is 2.17. The van der Waals surface area contributed by atoms with Gasteiger partial charge in [0.15, 0.2) is 5.78 Å². The maximum atomic E-state index is 13.3. The molecule has 1 aromatic carbocycles. The minimum Gasteiger partial charge on any atom is -0.356 e. The molecule has 2 aromatic heterocycles. The van der Waals surface area contributed by atoms with Gasteiger partial charge in [0.05, 0.1) is 22.9 Å². The van der Waals surface area contributed by atoms with Crippen LogP contribution in [-0.2, 0) is 11.2 Å². The lowest BCUT2D eigenvalue weighted by atomic mass is 9.87. The molecule has 3 aliphatic carbocycles. The maximum absolute atomic E-state index is 13.3. The Balaban J connectivity index is 1.40. The van der Waals surface area contributed by atoms with Gasteiger partial charge in [-0.05, 0) is 48.9 Å². The monoisotopic (exact) mass is 430 g/mol. The molecule has 0 aliphatic heterocycles. The molecule has 3 aliphatic rings. The van der Waals surface area contributed by atoms with Gasteiger partial charge in [-0.3, -0.25) is 9.59 Å². The third kappa shape index (κ3) is 3.11. The highest BCUT2D eigenvalue weighted by Gasteiger charge is 2.58. The number of H-pyrrole nitrogens is 1. The highest BCUT2D eigenvalue weighted by molar-refractivity contribution is 6.10. The Bertz CT molecular complexity index is 1250. The van der Waals surface area contributed by atoms with Crippen LogP contribution in [0.1, 0.15) is 35.8 Å². The zero-order chi connectivity index (χ0) is 22.0. The van der Waals surface area contributed by atoms with Gasteiger partial charge < -0.3 is 15.6 Å². The number of aromatic amines is 1. The number of hydrogen-bond acceptors (Lipinski definition) is 4. The van der Waals surface area contributed by atoms with Gasteiger partial charge in [0.25, 0.3) is 0 Å². The van der Waals surface area contributed by atoms with Crippen molar-refractivity contribution in [1.29, 1.82) is 0 Å². The van der Waals surface area contributed by atoms with Crippen molar-refractivity contribution >= 4 is 28.9 Å². The van der Waals surface area contributed by atoms with E-state index in [4.69, 9.17) is 0 Å². The predicted molar refractivity (Wildman–Crippen MR) is 120 cm³/mol. The first-order valence-electron chi connectivity index (χ1n) is 11.0. The highest BCUT2D eigenvalue weighted by atomic mass is 19.1. The fraction of sp³-hybridized carbons (Fsp3) is 0.320. The number of ketones is 1. The normalized spacial score (nSPS) is 27.3. The van der Waals surface area contributed by atoms with Crippen LogP contribution in [-0.4, -0.2) is 27.8 Å². The molecule has 6 rings (SSSR count).